The number of aromatic nitrogens is 4. The van der Waals surface area contributed by atoms with Crippen molar-refractivity contribution in [2.75, 3.05) is 11.6 Å². The average molecular weight is 402 g/mol. The fourth-order valence-electron chi connectivity index (χ4n) is 2.41. The molecule has 3 aromatic rings. The number of tetrazole rings is 1. The Morgan fingerprint density at radius 2 is 1.93 bits per heavy atom. The second-order valence-electron chi connectivity index (χ2n) is 5.61. The van der Waals surface area contributed by atoms with Gasteiger partial charge in [-0.2, -0.15) is 4.68 Å². The summed E-state index contributed by atoms with van der Waals surface area (Å²) in [7, 11) is 0. The van der Waals surface area contributed by atoms with Gasteiger partial charge in [0.15, 0.2) is 5.78 Å². The molecule has 2 aromatic carbocycles. The van der Waals surface area contributed by atoms with Gasteiger partial charge in [0.05, 0.1) is 5.69 Å². The van der Waals surface area contributed by atoms with Crippen molar-refractivity contribution in [1.29, 1.82) is 0 Å². The van der Waals surface area contributed by atoms with Crippen molar-refractivity contribution in [3.05, 3.63) is 59.1 Å². The number of carbonyl (C=O) groups is 2. The highest BCUT2D eigenvalue weighted by atomic mass is 35.5. The van der Waals surface area contributed by atoms with Gasteiger partial charge in [0.1, 0.15) is 0 Å². The predicted molar refractivity (Wildman–Crippen MR) is 105 cm³/mol. The molecule has 138 valence electrons. The van der Waals surface area contributed by atoms with Gasteiger partial charge in [0.2, 0.25) is 11.1 Å². The lowest BCUT2D eigenvalue weighted by molar-refractivity contribution is -0.116. The normalized spacial score (nSPS) is 10.6. The summed E-state index contributed by atoms with van der Waals surface area (Å²) in [5.41, 5.74) is 1.89. The Labute approximate surface area is 165 Å². The molecule has 1 heterocycles. The van der Waals surface area contributed by atoms with E-state index in [9.17, 15) is 9.59 Å². The summed E-state index contributed by atoms with van der Waals surface area (Å²) in [5, 5.41) is 15.5. The molecule has 9 heteroatoms. The number of hydrogen-bond acceptors (Lipinski definition) is 6. The van der Waals surface area contributed by atoms with Crippen LogP contribution in [-0.4, -0.2) is 38.2 Å². The lowest BCUT2D eigenvalue weighted by Gasteiger charge is -2.08. The van der Waals surface area contributed by atoms with Crippen LogP contribution in [0, 0.1) is 0 Å². The molecule has 0 unspecified atom stereocenters. The molecular formula is C18H16ClN5O2S. The zero-order valence-electron chi connectivity index (χ0n) is 14.4. The fraction of sp³-hybridized carbons (Fsp3) is 0.167. The number of halogens is 1. The summed E-state index contributed by atoms with van der Waals surface area (Å²) < 4.78 is 1.59. The highest BCUT2D eigenvalue weighted by Gasteiger charge is 2.11. The molecule has 0 aliphatic carbocycles. The van der Waals surface area contributed by atoms with Gasteiger partial charge in [-0.15, -0.1) is 5.10 Å². The monoisotopic (exact) mass is 401 g/mol. The van der Waals surface area contributed by atoms with Gasteiger partial charge in [-0.05, 0) is 59.1 Å². The van der Waals surface area contributed by atoms with Crippen molar-refractivity contribution in [3.8, 4) is 5.69 Å². The van der Waals surface area contributed by atoms with Crippen LogP contribution in [0.2, 0.25) is 5.02 Å². The molecule has 0 saturated carbocycles. The molecule has 1 aromatic heterocycles. The largest absolute Gasteiger partial charge is 0.326 e. The second-order valence-corrected chi connectivity index (χ2v) is 6.82. The summed E-state index contributed by atoms with van der Waals surface area (Å²) in [6.07, 6.45) is 2.09. The molecule has 0 aliphatic rings. The number of thioether (sulfide) groups is 1. The third-order valence-electron chi connectivity index (χ3n) is 3.74. The van der Waals surface area contributed by atoms with Gasteiger partial charge in [-0.25, -0.2) is 0 Å². The van der Waals surface area contributed by atoms with E-state index in [0.717, 1.165) is 5.69 Å². The van der Waals surface area contributed by atoms with E-state index in [0.29, 0.717) is 21.4 Å². The van der Waals surface area contributed by atoms with Gasteiger partial charge in [-0.3, -0.25) is 9.59 Å². The maximum Gasteiger partial charge on any atom is 0.224 e. The van der Waals surface area contributed by atoms with Gasteiger partial charge < -0.3 is 5.32 Å². The molecule has 0 aliphatic heterocycles. The van der Waals surface area contributed by atoms with Crippen molar-refractivity contribution in [2.45, 2.75) is 18.0 Å². The summed E-state index contributed by atoms with van der Waals surface area (Å²) in [5.74, 6) is -0.342. The maximum absolute atomic E-state index is 12.2. The highest BCUT2D eigenvalue weighted by molar-refractivity contribution is 7.98. The molecule has 3 rings (SSSR count). The van der Waals surface area contributed by atoms with Crippen LogP contribution in [0.15, 0.2) is 53.7 Å². The molecule has 0 atom stereocenters. The number of benzene rings is 2. The molecule has 7 nitrogen and oxygen atoms in total. The molecule has 1 N–H and O–H groups in total. The van der Waals surface area contributed by atoms with Crippen LogP contribution in [0.5, 0.6) is 0 Å². The number of nitrogens with zero attached hydrogens (tertiary/aromatic N) is 4. The van der Waals surface area contributed by atoms with E-state index in [1.807, 2.05) is 12.3 Å². The zero-order chi connectivity index (χ0) is 19.2. The molecule has 0 saturated heterocycles. The number of amides is 1. The topological polar surface area (TPSA) is 89.8 Å². The van der Waals surface area contributed by atoms with Gasteiger partial charge >= 0.3 is 0 Å². The van der Waals surface area contributed by atoms with Crippen molar-refractivity contribution >= 4 is 40.7 Å². The van der Waals surface area contributed by atoms with Crippen molar-refractivity contribution < 1.29 is 9.59 Å². The average Bonchev–Trinajstić information content (AvgIpc) is 3.16. The van der Waals surface area contributed by atoms with Crippen LogP contribution in [-0.2, 0) is 4.79 Å². The number of nitrogens with one attached hydrogen (secondary N) is 1. The van der Waals surface area contributed by atoms with Crippen molar-refractivity contribution in [2.24, 2.45) is 0 Å². The summed E-state index contributed by atoms with van der Waals surface area (Å²) in [6, 6.07) is 13.8. The summed E-state index contributed by atoms with van der Waals surface area (Å²) >= 11 is 7.23. The SMILES string of the molecule is CSc1nnnn1-c1cccc(NC(=O)CCC(=O)c2ccc(Cl)cc2)c1. The Hall–Kier alpha value is -2.71. The minimum Gasteiger partial charge on any atom is -0.326 e. The van der Waals surface area contributed by atoms with E-state index in [4.69, 9.17) is 11.6 Å². The molecule has 0 fully saturated rings. The first kappa shape index (κ1) is 19.1. The minimum atomic E-state index is -0.240. The van der Waals surface area contributed by atoms with Crippen LogP contribution in [0.3, 0.4) is 0 Å². The Morgan fingerprint density at radius 3 is 2.67 bits per heavy atom. The Morgan fingerprint density at radius 1 is 1.15 bits per heavy atom. The van der Waals surface area contributed by atoms with Gasteiger partial charge in [-0.1, -0.05) is 29.4 Å². The van der Waals surface area contributed by atoms with Crippen molar-refractivity contribution in [1.82, 2.24) is 20.2 Å². The van der Waals surface area contributed by atoms with Crippen LogP contribution < -0.4 is 5.32 Å². The van der Waals surface area contributed by atoms with E-state index in [2.05, 4.69) is 20.8 Å². The van der Waals surface area contributed by atoms with E-state index >= 15 is 0 Å². The fourth-order valence-corrected chi connectivity index (χ4v) is 2.97. The molecular weight excluding hydrogens is 386 g/mol. The molecule has 0 spiro atoms. The zero-order valence-corrected chi connectivity index (χ0v) is 16.0. The van der Waals surface area contributed by atoms with E-state index in [-0.39, 0.29) is 24.5 Å². The molecule has 27 heavy (non-hydrogen) atoms. The Balaban J connectivity index is 1.60. The first-order valence-corrected chi connectivity index (χ1v) is 9.68. The molecule has 1 amide bonds. The summed E-state index contributed by atoms with van der Waals surface area (Å²) in [6.45, 7) is 0. The van der Waals surface area contributed by atoms with Crippen LogP contribution in [0.1, 0.15) is 23.2 Å². The smallest absolute Gasteiger partial charge is 0.224 e. The maximum atomic E-state index is 12.2. The Kier molecular flexibility index (Phi) is 6.20. The first-order chi connectivity index (χ1) is 13.1. The summed E-state index contributed by atoms with van der Waals surface area (Å²) in [4.78, 5) is 24.3. The van der Waals surface area contributed by atoms with E-state index < -0.39 is 0 Å². The van der Waals surface area contributed by atoms with E-state index in [1.54, 1.807) is 47.1 Å². The number of Topliss-reactive ketones (excluding diaryl/α,β-unsaturated/α-hetero) is 1. The van der Waals surface area contributed by atoms with Crippen molar-refractivity contribution in [3.63, 3.8) is 0 Å². The third kappa shape index (κ3) is 4.93. The number of carbonyl (C=O) groups excluding carboxylic acids is 2. The van der Waals surface area contributed by atoms with Crippen LogP contribution in [0.25, 0.3) is 5.69 Å². The first-order valence-electron chi connectivity index (χ1n) is 8.08. The van der Waals surface area contributed by atoms with Gasteiger partial charge in [0, 0.05) is 29.1 Å². The van der Waals surface area contributed by atoms with Gasteiger partial charge in [0.25, 0.3) is 0 Å². The standard InChI is InChI=1S/C18H16ClN5O2S/c1-27-18-21-22-23-24(18)15-4-2-3-14(11-15)20-17(26)10-9-16(25)12-5-7-13(19)8-6-12/h2-8,11H,9-10H2,1H3,(H,20,26). The minimum absolute atomic E-state index is 0.0899. The Bertz CT molecular complexity index is 958. The quantitative estimate of drug-likeness (QED) is 0.480. The predicted octanol–water partition coefficient (Wildman–Crippen LogP) is 3.64. The van der Waals surface area contributed by atoms with E-state index in [1.165, 1.54) is 11.8 Å². The number of anilines is 1. The molecule has 0 bridgehead atoms. The number of ketones is 1. The lowest BCUT2D eigenvalue weighted by atomic mass is 10.1. The number of rotatable bonds is 7. The second kappa shape index (κ2) is 8.79. The third-order valence-corrected chi connectivity index (χ3v) is 4.61. The highest BCUT2D eigenvalue weighted by Crippen LogP contribution is 2.19. The number of hydrogen-bond donors (Lipinski definition) is 1. The van der Waals surface area contributed by atoms with Crippen LogP contribution >= 0.6 is 23.4 Å². The lowest BCUT2D eigenvalue weighted by Crippen LogP contribution is -2.14. The van der Waals surface area contributed by atoms with Crippen LogP contribution in [0.4, 0.5) is 5.69 Å². The molecule has 0 radical (unpaired) electrons.